The number of nitrogens with zero attached hydrogens (tertiary/aromatic N) is 3. The number of carbonyl (C=O) groups is 1. The summed E-state index contributed by atoms with van der Waals surface area (Å²) in [6.45, 7) is 7.38. The van der Waals surface area contributed by atoms with Crippen LogP contribution in [-0.2, 0) is 4.74 Å². The lowest BCUT2D eigenvalue weighted by Gasteiger charge is -2.22. The third-order valence-electron chi connectivity index (χ3n) is 4.43. The lowest BCUT2D eigenvalue weighted by atomic mass is 10.2. The van der Waals surface area contributed by atoms with Crippen LogP contribution >= 0.6 is 0 Å². The first kappa shape index (κ1) is 19.9. The van der Waals surface area contributed by atoms with Gasteiger partial charge in [0.05, 0.1) is 17.6 Å². The van der Waals surface area contributed by atoms with Crippen LogP contribution in [0.2, 0.25) is 0 Å². The average Bonchev–Trinajstić information content (AvgIpc) is 3.03. The third-order valence-corrected chi connectivity index (χ3v) is 4.43. The summed E-state index contributed by atoms with van der Waals surface area (Å²) in [4.78, 5) is 28.3. The largest absolute Gasteiger partial charge is 0.444 e. The monoisotopic (exact) mass is 385 g/mol. The zero-order valence-corrected chi connectivity index (χ0v) is 16.7. The van der Waals surface area contributed by atoms with Gasteiger partial charge < -0.3 is 15.4 Å². The van der Waals surface area contributed by atoms with Crippen molar-refractivity contribution in [2.75, 3.05) is 5.32 Å². The quantitative estimate of drug-likeness (QED) is 0.840. The van der Waals surface area contributed by atoms with Crippen molar-refractivity contribution in [3.8, 4) is 5.69 Å². The molecule has 1 aliphatic carbocycles. The van der Waals surface area contributed by atoms with Crippen LogP contribution in [0.3, 0.4) is 0 Å². The summed E-state index contributed by atoms with van der Waals surface area (Å²) in [7, 11) is 0. The van der Waals surface area contributed by atoms with Crippen molar-refractivity contribution in [2.24, 2.45) is 0 Å². The average molecular weight is 385 g/mol. The van der Waals surface area contributed by atoms with Gasteiger partial charge in [0.2, 0.25) is 0 Å². The molecule has 0 radical (unpaired) electrons. The number of hydrogen-bond donors (Lipinski definition) is 2. The molecule has 1 aliphatic rings. The zero-order chi connectivity index (χ0) is 20.3. The number of amides is 1. The summed E-state index contributed by atoms with van der Waals surface area (Å²) in [5, 5.41) is 10.5. The molecule has 2 atom stereocenters. The van der Waals surface area contributed by atoms with Gasteiger partial charge in [-0.2, -0.15) is 9.78 Å². The van der Waals surface area contributed by atoms with Crippen LogP contribution < -0.4 is 16.2 Å². The van der Waals surface area contributed by atoms with Crippen molar-refractivity contribution < 1.29 is 9.53 Å². The summed E-state index contributed by atoms with van der Waals surface area (Å²) < 4.78 is 6.65. The predicted octanol–water partition coefficient (Wildman–Crippen LogP) is 2.79. The summed E-state index contributed by atoms with van der Waals surface area (Å²) in [6.07, 6.45) is 3.88. The molecule has 0 aliphatic heterocycles. The van der Waals surface area contributed by atoms with Gasteiger partial charge in [0.1, 0.15) is 11.4 Å². The van der Waals surface area contributed by atoms with Crippen molar-refractivity contribution in [3.05, 3.63) is 46.5 Å². The van der Waals surface area contributed by atoms with E-state index in [1.54, 1.807) is 12.3 Å². The summed E-state index contributed by atoms with van der Waals surface area (Å²) >= 11 is 0. The molecule has 3 rings (SSSR count). The second-order valence-electron chi connectivity index (χ2n) is 8.12. The molecule has 8 heteroatoms. The molecule has 0 aromatic carbocycles. The number of carbonyl (C=O) groups excluding carboxylic acids is 1. The molecule has 8 nitrogen and oxygen atoms in total. The molecule has 1 saturated carbocycles. The smallest absolute Gasteiger partial charge is 0.407 e. The highest BCUT2D eigenvalue weighted by molar-refractivity contribution is 5.68. The topological polar surface area (TPSA) is 98.1 Å². The fourth-order valence-electron chi connectivity index (χ4n) is 3.21. The number of hydrogen-bond acceptors (Lipinski definition) is 6. The number of alkyl carbamates (subject to hydrolysis) is 1. The van der Waals surface area contributed by atoms with Crippen LogP contribution in [0.1, 0.15) is 45.7 Å². The standard InChI is InChI=1S/C20H27N5O3/c1-13-5-10-18(26)25(24-13)16-8-9-17(21-12-16)22-14-6-7-15(11-14)23-19(27)28-20(2,3)4/h5,8-10,12,14-15H,6-7,11H2,1-4H3,(H,21,22)(H,23,27)/t14-,15-/m0/s1. The third kappa shape index (κ3) is 5.31. The minimum Gasteiger partial charge on any atom is -0.444 e. The van der Waals surface area contributed by atoms with Gasteiger partial charge >= 0.3 is 6.09 Å². The highest BCUT2D eigenvalue weighted by Gasteiger charge is 2.27. The van der Waals surface area contributed by atoms with Crippen molar-refractivity contribution in [1.29, 1.82) is 0 Å². The van der Waals surface area contributed by atoms with E-state index in [4.69, 9.17) is 4.74 Å². The molecule has 2 aromatic heterocycles. The fraction of sp³-hybridized carbons (Fsp3) is 0.500. The normalized spacial score (nSPS) is 19.3. The molecule has 0 unspecified atom stereocenters. The number of aromatic nitrogens is 3. The van der Waals surface area contributed by atoms with Gasteiger partial charge in [0.25, 0.3) is 5.56 Å². The van der Waals surface area contributed by atoms with Crippen LogP contribution in [0.25, 0.3) is 5.69 Å². The Balaban J connectivity index is 1.56. The van der Waals surface area contributed by atoms with Crippen LogP contribution in [-0.4, -0.2) is 38.5 Å². The number of anilines is 1. The second kappa shape index (κ2) is 8.00. The second-order valence-corrected chi connectivity index (χ2v) is 8.12. The van der Waals surface area contributed by atoms with E-state index in [0.717, 1.165) is 30.8 Å². The molecule has 1 fully saturated rings. The van der Waals surface area contributed by atoms with Crippen LogP contribution in [0.4, 0.5) is 10.6 Å². The van der Waals surface area contributed by atoms with E-state index >= 15 is 0 Å². The highest BCUT2D eigenvalue weighted by Crippen LogP contribution is 2.23. The minimum atomic E-state index is -0.500. The SMILES string of the molecule is Cc1ccc(=O)n(-c2ccc(N[C@H]3CC[C@H](NC(=O)OC(C)(C)C)C3)nc2)n1. The maximum atomic E-state index is 12.0. The van der Waals surface area contributed by atoms with E-state index in [-0.39, 0.29) is 23.7 Å². The molecule has 2 aromatic rings. The lowest BCUT2D eigenvalue weighted by Crippen LogP contribution is -2.38. The first-order valence-corrected chi connectivity index (χ1v) is 9.49. The number of ether oxygens (including phenoxy) is 1. The number of nitrogens with one attached hydrogen (secondary N) is 2. The molecule has 1 amide bonds. The summed E-state index contributed by atoms with van der Waals surface area (Å²) in [5.74, 6) is 0.729. The molecular formula is C20H27N5O3. The van der Waals surface area contributed by atoms with Crippen LogP contribution in [0.15, 0.2) is 35.3 Å². The van der Waals surface area contributed by atoms with Crippen molar-refractivity contribution in [1.82, 2.24) is 20.1 Å². The van der Waals surface area contributed by atoms with Crippen molar-refractivity contribution in [3.63, 3.8) is 0 Å². The van der Waals surface area contributed by atoms with Gasteiger partial charge in [-0.1, -0.05) is 0 Å². The van der Waals surface area contributed by atoms with Gasteiger partial charge in [0, 0.05) is 18.2 Å². The zero-order valence-electron chi connectivity index (χ0n) is 16.7. The van der Waals surface area contributed by atoms with Crippen LogP contribution in [0, 0.1) is 6.92 Å². The fourth-order valence-corrected chi connectivity index (χ4v) is 3.21. The van der Waals surface area contributed by atoms with Gasteiger partial charge in [-0.25, -0.2) is 9.78 Å². The number of pyridine rings is 1. The molecule has 28 heavy (non-hydrogen) atoms. The predicted molar refractivity (Wildman–Crippen MR) is 107 cm³/mol. The van der Waals surface area contributed by atoms with Crippen molar-refractivity contribution >= 4 is 11.9 Å². The first-order chi connectivity index (χ1) is 13.2. The molecule has 0 spiro atoms. The van der Waals surface area contributed by atoms with E-state index in [1.165, 1.54) is 10.7 Å². The molecule has 0 bridgehead atoms. The Morgan fingerprint density at radius 2 is 1.93 bits per heavy atom. The Hall–Kier alpha value is -2.90. The number of aryl methyl sites for hydroxylation is 1. The lowest BCUT2D eigenvalue weighted by molar-refractivity contribution is 0.0505. The van der Waals surface area contributed by atoms with Crippen molar-refractivity contribution in [2.45, 2.75) is 64.6 Å². The maximum Gasteiger partial charge on any atom is 0.407 e. The van der Waals surface area contributed by atoms with Crippen LogP contribution in [0.5, 0.6) is 0 Å². The minimum absolute atomic E-state index is 0.0849. The maximum absolute atomic E-state index is 12.0. The van der Waals surface area contributed by atoms with Gasteiger partial charge in [0.15, 0.2) is 0 Å². The Morgan fingerprint density at radius 1 is 1.18 bits per heavy atom. The van der Waals surface area contributed by atoms with Gasteiger partial charge in [-0.15, -0.1) is 0 Å². The Kier molecular flexibility index (Phi) is 5.67. The molecule has 0 saturated heterocycles. The molecule has 2 N–H and O–H groups in total. The number of rotatable bonds is 4. The Morgan fingerprint density at radius 3 is 2.61 bits per heavy atom. The Labute approximate surface area is 164 Å². The van der Waals surface area contributed by atoms with E-state index in [0.29, 0.717) is 5.69 Å². The van der Waals surface area contributed by atoms with Gasteiger partial charge in [-0.3, -0.25) is 4.79 Å². The molecular weight excluding hydrogens is 358 g/mol. The van der Waals surface area contributed by atoms with Gasteiger partial charge in [-0.05, 0) is 65.2 Å². The Bertz CT molecular complexity index is 886. The van der Waals surface area contributed by atoms with E-state index in [2.05, 4.69) is 20.7 Å². The van der Waals surface area contributed by atoms with E-state index in [1.807, 2.05) is 39.8 Å². The summed E-state index contributed by atoms with van der Waals surface area (Å²) in [5.41, 5.74) is 0.687. The molecule has 150 valence electrons. The van der Waals surface area contributed by atoms with E-state index in [9.17, 15) is 9.59 Å². The summed E-state index contributed by atoms with van der Waals surface area (Å²) in [6, 6.07) is 7.13. The first-order valence-electron chi connectivity index (χ1n) is 9.49. The highest BCUT2D eigenvalue weighted by atomic mass is 16.6. The van der Waals surface area contributed by atoms with E-state index < -0.39 is 5.60 Å². The molecule has 2 heterocycles.